The quantitative estimate of drug-likeness (QED) is 0.613. The lowest BCUT2D eigenvalue weighted by molar-refractivity contribution is 0.0696. The molecule has 9 heteroatoms. The van der Waals surface area contributed by atoms with Crippen LogP contribution in [0.25, 0.3) is 0 Å². The lowest BCUT2D eigenvalue weighted by Crippen LogP contribution is -2.18. The number of carboxylic acids is 1. The lowest BCUT2D eigenvalue weighted by Gasteiger charge is -2.10. The number of carboxylic acid groups (broad SMARTS) is 1. The van der Waals surface area contributed by atoms with Crippen molar-refractivity contribution in [1.29, 1.82) is 0 Å². The summed E-state index contributed by atoms with van der Waals surface area (Å²) in [5.74, 6) is -0.657. The highest BCUT2D eigenvalue weighted by Crippen LogP contribution is 2.14. The number of methoxy groups -OCH3 is 1. The zero-order valence-electron chi connectivity index (χ0n) is 15.5. The number of hydrogen-bond acceptors (Lipinski definition) is 6. The van der Waals surface area contributed by atoms with Gasteiger partial charge in [0.25, 0.3) is 0 Å². The molecule has 2 N–H and O–H groups in total. The third-order valence-electron chi connectivity index (χ3n) is 4.07. The Kier molecular flexibility index (Phi) is 5.95. The molecule has 0 saturated carbocycles. The summed E-state index contributed by atoms with van der Waals surface area (Å²) in [5.41, 5.74) is 2.34. The number of pyridine rings is 1. The van der Waals surface area contributed by atoms with Crippen molar-refractivity contribution in [1.82, 2.24) is 25.1 Å². The number of nitrogens with one attached hydrogen (secondary N) is 1. The molecule has 0 spiro atoms. The van der Waals surface area contributed by atoms with E-state index in [0.29, 0.717) is 42.9 Å². The molecule has 0 saturated heterocycles. The third kappa shape index (κ3) is 4.68. The van der Waals surface area contributed by atoms with Gasteiger partial charge in [-0.05, 0) is 36.8 Å². The molecular formula is C19H20FN5O3. The molecule has 0 aliphatic rings. The molecule has 2 aromatic heterocycles. The zero-order chi connectivity index (χ0) is 20.1. The maximum atomic E-state index is 13.1. The first-order valence-corrected chi connectivity index (χ1v) is 8.58. The molecule has 0 bridgehead atoms. The van der Waals surface area contributed by atoms with Crippen LogP contribution >= 0.6 is 0 Å². The summed E-state index contributed by atoms with van der Waals surface area (Å²) >= 11 is 0. The Hall–Kier alpha value is -3.33. The molecule has 28 heavy (non-hydrogen) atoms. The second kappa shape index (κ2) is 8.57. The van der Waals surface area contributed by atoms with Crippen molar-refractivity contribution < 1.29 is 19.0 Å². The van der Waals surface area contributed by atoms with Crippen molar-refractivity contribution in [2.24, 2.45) is 0 Å². The Bertz CT molecular complexity index is 972. The van der Waals surface area contributed by atoms with Crippen molar-refractivity contribution in [2.45, 2.75) is 26.6 Å². The maximum absolute atomic E-state index is 13.1. The van der Waals surface area contributed by atoms with E-state index in [1.54, 1.807) is 23.6 Å². The molecule has 2 heterocycles. The molecule has 8 nitrogen and oxygen atoms in total. The van der Waals surface area contributed by atoms with Crippen LogP contribution in [0.15, 0.2) is 36.4 Å². The van der Waals surface area contributed by atoms with Gasteiger partial charge in [0.1, 0.15) is 11.6 Å². The molecule has 1 aromatic carbocycles. The largest absolute Gasteiger partial charge is 0.478 e. The molecule has 3 rings (SSSR count). The fraction of sp³-hybridized carbons (Fsp3) is 0.263. The predicted molar refractivity (Wildman–Crippen MR) is 98.6 cm³/mol. The number of hydrogen-bond donors (Lipinski definition) is 2. The van der Waals surface area contributed by atoms with E-state index in [4.69, 9.17) is 9.84 Å². The first-order valence-electron chi connectivity index (χ1n) is 8.58. The van der Waals surface area contributed by atoms with Crippen LogP contribution < -0.4 is 10.1 Å². The van der Waals surface area contributed by atoms with Gasteiger partial charge in [-0.1, -0.05) is 17.2 Å². The Balaban J connectivity index is 1.70. The van der Waals surface area contributed by atoms with Crippen molar-refractivity contribution >= 4 is 5.97 Å². The minimum atomic E-state index is -0.990. The van der Waals surface area contributed by atoms with Gasteiger partial charge in [-0.25, -0.2) is 9.18 Å². The Morgan fingerprint density at radius 1 is 1.21 bits per heavy atom. The summed E-state index contributed by atoms with van der Waals surface area (Å²) in [7, 11) is 1.51. The van der Waals surface area contributed by atoms with E-state index < -0.39 is 5.97 Å². The second-order valence-corrected chi connectivity index (χ2v) is 6.21. The molecule has 0 fully saturated rings. The summed E-state index contributed by atoms with van der Waals surface area (Å²) in [6, 6.07) is 9.58. The van der Waals surface area contributed by atoms with Crippen molar-refractivity contribution in [2.75, 3.05) is 7.11 Å². The average Bonchev–Trinajstić information content (AvgIpc) is 3.05. The van der Waals surface area contributed by atoms with Gasteiger partial charge in [0.2, 0.25) is 0 Å². The average molecular weight is 385 g/mol. The van der Waals surface area contributed by atoms with E-state index in [1.807, 2.05) is 0 Å². The molecule has 146 valence electrons. The van der Waals surface area contributed by atoms with Gasteiger partial charge in [-0.15, -0.1) is 5.10 Å². The zero-order valence-corrected chi connectivity index (χ0v) is 15.5. The number of aromatic nitrogens is 4. The van der Waals surface area contributed by atoms with Crippen molar-refractivity contribution in [3.8, 4) is 6.01 Å². The van der Waals surface area contributed by atoms with Crippen LogP contribution in [-0.4, -0.2) is 37.9 Å². The van der Waals surface area contributed by atoms with Gasteiger partial charge in [0, 0.05) is 12.2 Å². The highest BCUT2D eigenvalue weighted by Gasteiger charge is 2.13. The smallest absolute Gasteiger partial charge is 0.335 e. The lowest BCUT2D eigenvalue weighted by atomic mass is 10.2. The van der Waals surface area contributed by atoms with Crippen LogP contribution in [0, 0.1) is 12.7 Å². The predicted octanol–water partition coefficient (Wildman–Crippen LogP) is 2.17. The molecule has 0 atom stereocenters. The van der Waals surface area contributed by atoms with E-state index in [9.17, 15) is 9.18 Å². The van der Waals surface area contributed by atoms with Crippen LogP contribution in [0.3, 0.4) is 0 Å². The summed E-state index contributed by atoms with van der Waals surface area (Å²) in [6.07, 6.45) is 0. The second-order valence-electron chi connectivity index (χ2n) is 6.21. The molecular weight excluding hydrogens is 365 g/mol. The number of nitrogens with zero attached hydrogens (tertiary/aromatic N) is 4. The summed E-state index contributed by atoms with van der Waals surface area (Å²) < 4.78 is 20.2. The van der Waals surface area contributed by atoms with Crippen LogP contribution in [-0.2, 0) is 19.6 Å². The highest BCUT2D eigenvalue weighted by atomic mass is 19.1. The Labute approximate surface area is 161 Å². The van der Waals surface area contributed by atoms with Crippen LogP contribution in [0.2, 0.25) is 0 Å². The van der Waals surface area contributed by atoms with Gasteiger partial charge in [-0.2, -0.15) is 0 Å². The first-order chi connectivity index (χ1) is 13.5. The summed E-state index contributed by atoms with van der Waals surface area (Å²) in [6.45, 7) is 2.92. The van der Waals surface area contributed by atoms with Crippen LogP contribution in [0.1, 0.15) is 33.1 Å². The van der Waals surface area contributed by atoms with Gasteiger partial charge < -0.3 is 15.2 Å². The van der Waals surface area contributed by atoms with E-state index in [0.717, 1.165) is 5.56 Å². The van der Waals surface area contributed by atoms with E-state index in [2.05, 4.69) is 20.5 Å². The number of ether oxygens (including phenoxy) is 1. The molecule has 0 radical (unpaired) electrons. The maximum Gasteiger partial charge on any atom is 0.335 e. The van der Waals surface area contributed by atoms with Gasteiger partial charge in [-0.3, -0.25) is 9.55 Å². The number of aromatic carboxylic acids is 1. The van der Waals surface area contributed by atoms with Gasteiger partial charge in [0.15, 0.2) is 0 Å². The normalized spacial score (nSPS) is 10.8. The van der Waals surface area contributed by atoms with E-state index in [1.165, 1.54) is 31.4 Å². The van der Waals surface area contributed by atoms with Crippen LogP contribution in [0.4, 0.5) is 4.39 Å². The number of rotatable bonds is 8. The van der Waals surface area contributed by atoms with Crippen molar-refractivity contribution in [3.05, 3.63) is 70.6 Å². The van der Waals surface area contributed by atoms with Gasteiger partial charge in [0.05, 0.1) is 31.5 Å². The molecule has 0 amide bonds. The molecule has 0 aliphatic carbocycles. The number of carbonyl (C=O) groups is 1. The highest BCUT2D eigenvalue weighted by molar-refractivity contribution is 5.87. The Morgan fingerprint density at radius 2 is 1.96 bits per heavy atom. The molecule has 3 aromatic rings. The van der Waals surface area contributed by atoms with E-state index >= 15 is 0 Å². The Morgan fingerprint density at radius 3 is 2.64 bits per heavy atom. The molecule has 0 aliphatic heterocycles. The fourth-order valence-corrected chi connectivity index (χ4v) is 2.79. The SMILES string of the molecule is COc1nnc(CNCc2cc(C(=O)O)cc(C)n2)n1Cc1ccc(F)cc1. The monoisotopic (exact) mass is 385 g/mol. The third-order valence-corrected chi connectivity index (χ3v) is 4.07. The number of benzene rings is 1. The molecule has 0 unspecified atom stereocenters. The van der Waals surface area contributed by atoms with Gasteiger partial charge >= 0.3 is 12.0 Å². The summed E-state index contributed by atoms with van der Waals surface area (Å²) in [5, 5.41) is 20.5. The summed E-state index contributed by atoms with van der Waals surface area (Å²) in [4.78, 5) is 15.5. The first kappa shape index (κ1) is 19.4. The number of halogens is 1. The minimum Gasteiger partial charge on any atom is -0.478 e. The topological polar surface area (TPSA) is 102 Å². The van der Waals surface area contributed by atoms with Crippen LogP contribution in [0.5, 0.6) is 6.01 Å². The number of aryl methyl sites for hydroxylation is 1. The standard InChI is InChI=1S/C19H20FN5O3/c1-12-7-14(18(26)27)8-16(22-12)9-21-10-17-23-24-19(28-2)25(17)11-13-3-5-15(20)6-4-13/h3-8,21H,9-11H2,1-2H3,(H,26,27). The van der Waals surface area contributed by atoms with Crippen molar-refractivity contribution in [3.63, 3.8) is 0 Å². The minimum absolute atomic E-state index is 0.199. The fourth-order valence-electron chi connectivity index (χ4n) is 2.79. The van der Waals surface area contributed by atoms with E-state index in [-0.39, 0.29) is 11.4 Å².